The number of aromatic nitrogens is 2. The van der Waals surface area contributed by atoms with Crippen LogP contribution in [0.4, 0.5) is 15.2 Å². The zero-order valence-corrected chi connectivity index (χ0v) is 18.2. The second-order valence-electron chi connectivity index (χ2n) is 8.14. The van der Waals surface area contributed by atoms with Crippen molar-refractivity contribution in [2.24, 2.45) is 5.92 Å². The van der Waals surface area contributed by atoms with E-state index in [9.17, 15) is 22.4 Å². The number of urea groups is 1. The molecule has 2 aromatic rings. The van der Waals surface area contributed by atoms with Gasteiger partial charge in [-0.1, -0.05) is 18.1 Å². The molecule has 0 radical (unpaired) electrons. The second kappa shape index (κ2) is 8.85. The van der Waals surface area contributed by atoms with Gasteiger partial charge in [0.05, 0.1) is 18.1 Å². The molecular formula is C20H23FN4O6S. The molecule has 1 aliphatic heterocycles. The molecule has 4 rings (SSSR count). The lowest BCUT2D eigenvalue weighted by Gasteiger charge is -2.14. The summed E-state index contributed by atoms with van der Waals surface area (Å²) in [4.78, 5) is 27.9. The van der Waals surface area contributed by atoms with Crippen molar-refractivity contribution in [2.45, 2.75) is 32.1 Å². The predicted molar refractivity (Wildman–Crippen MR) is 111 cm³/mol. The first-order chi connectivity index (χ1) is 15.2. The molecule has 1 N–H and O–H groups in total. The third kappa shape index (κ3) is 5.42. The molecule has 1 aliphatic carbocycles. The van der Waals surface area contributed by atoms with Crippen LogP contribution in [0.15, 0.2) is 22.7 Å². The number of anilines is 1. The Labute approximate surface area is 184 Å². The van der Waals surface area contributed by atoms with Gasteiger partial charge < -0.3 is 9.26 Å². The van der Waals surface area contributed by atoms with Crippen molar-refractivity contribution in [3.05, 3.63) is 35.4 Å². The summed E-state index contributed by atoms with van der Waals surface area (Å²) in [6, 6.07) is 3.57. The maximum atomic E-state index is 14.0. The topological polar surface area (TPSA) is 132 Å². The summed E-state index contributed by atoms with van der Waals surface area (Å²) in [5.74, 6) is -0.976. The van der Waals surface area contributed by atoms with E-state index in [4.69, 9.17) is 9.26 Å². The summed E-state index contributed by atoms with van der Waals surface area (Å²) in [7, 11) is -3.50. The number of nitrogens with one attached hydrogen (secondary N) is 1. The number of carbonyl (C=O) groups excluding carboxylic acids is 2. The number of amides is 3. The number of ether oxygens (including phenoxy) is 1. The number of sulfone groups is 1. The Hall–Kier alpha value is -3.02. The van der Waals surface area contributed by atoms with E-state index in [-0.39, 0.29) is 48.0 Å². The molecule has 0 bridgehead atoms. The van der Waals surface area contributed by atoms with Gasteiger partial charge in [0.1, 0.15) is 6.54 Å². The van der Waals surface area contributed by atoms with Gasteiger partial charge in [0.15, 0.2) is 27.2 Å². The highest BCUT2D eigenvalue weighted by Crippen LogP contribution is 2.31. The molecule has 2 fully saturated rings. The summed E-state index contributed by atoms with van der Waals surface area (Å²) in [5.41, 5.74) is 0.673. The van der Waals surface area contributed by atoms with E-state index in [1.807, 2.05) is 0 Å². The zero-order chi connectivity index (χ0) is 22.9. The number of halogens is 1. The number of aryl methyl sites for hydroxylation is 1. The Bertz CT molecular complexity index is 1130. The minimum atomic E-state index is -3.50. The van der Waals surface area contributed by atoms with Crippen LogP contribution in [-0.2, 0) is 21.1 Å². The van der Waals surface area contributed by atoms with Crippen molar-refractivity contribution < 1.29 is 31.7 Å². The average molecular weight is 466 g/mol. The lowest BCUT2D eigenvalue weighted by atomic mass is 10.0. The van der Waals surface area contributed by atoms with Crippen LogP contribution in [0, 0.1) is 11.7 Å². The van der Waals surface area contributed by atoms with E-state index < -0.39 is 27.6 Å². The number of rotatable bonds is 10. The van der Waals surface area contributed by atoms with Gasteiger partial charge in [0, 0.05) is 6.42 Å². The molecule has 2 heterocycles. The van der Waals surface area contributed by atoms with E-state index >= 15 is 0 Å². The van der Waals surface area contributed by atoms with Gasteiger partial charge in [-0.2, -0.15) is 4.98 Å². The Morgan fingerprint density at radius 1 is 1.34 bits per heavy atom. The van der Waals surface area contributed by atoms with Gasteiger partial charge in [-0.3, -0.25) is 10.1 Å². The number of nitrogens with zero attached hydrogens (tertiary/aromatic N) is 3. The Balaban J connectivity index is 1.33. The number of hydrogen-bond donors (Lipinski definition) is 1. The van der Waals surface area contributed by atoms with Crippen LogP contribution in [0.2, 0.25) is 0 Å². The quantitative estimate of drug-likeness (QED) is 0.525. The van der Waals surface area contributed by atoms with Crippen molar-refractivity contribution in [3.8, 4) is 5.75 Å². The van der Waals surface area contributed by atoms with Crippen LogP contribution in [0.1, 0.15) is 37.1 Å². The normalized spacial score (nSPS) is 17.5. The highest BCUT2D eigenvalue weighted by Gasteiger charge is 2.32. The maximum absolute atomic E-state index is 14.0. The molecule has 0 spiro atoms. The number of imide groups is 1. The third-order valence-corrected chi connectivity index (χ3v) is 7.15. The first-order valence-corrected chi connectivity index (χ1v) is 12.1. The summed E-state index contributed by atoms with van der Waals surface area (Å²) < 4.78 is 49.7. The lowest BCUT2D eigenvalue weighted by molar-refractivity contribution is -0.117. The van der Waals surface area contributed by atoms with Gasteiger partial charge in [-0.05, 0) is 42.4 Å². The fraction of sp³-hybridized carbons (Fsp3) is 0.500. The molecule has 2 aliphatic rings. The van der Waals surface area contributed by atoms with Gasteiger partial charge in [0.25, 0.3) is 0 Å². The molecule has 1 aromatic heterocycles. The van der Waals surface area contributed by atoms with Crippen LogP contribution in [-0.4, -0.2) is 55.2 Å². The summed E-state index contributed by atoms with van der Waals surface area (Å²) in [5, 5.41) is 5.76. The summed E-state index contributed by atoms with van der Waals surface area (Å²) in [6.07, 6.45) is 2.16. The smallest absolute Gasteiger partial charge is 0.332 e. The van der Waals surface area contributed by atoms with Crippen molar-refractivity contribution >= 4 is 27.8 Å². The molecule has 1 atom stereocenters. The monoisotopic (exact) mass is 466 g/mol. The molecule has 32 heavy (non-hydrogen) atoms. The first-order valence-electron chi connectivity index (χ1n) is 10.3. The Morgan fingerprint density at radius 2 is 2.12 bits per heavy atom. The van der Waals surface area contributed by atoms with Gasteiger partial charge in [-0.25, -0.2) is 22.5 Å². The van der Waals surface area contributed by atoms with Crippen molar-refractivity contribution in [1.82, 2.24) is 15.5 Å². The fourth-order valence-corrected chi connectivity index (χ4v) is 4.90. The molecule has 3 amide bonds. The molecule has 10 nitrogen and oxygen atoms in total. The van der Waals surface area contributed by atoms with Crippen molar-refractivity contribution in [1.29, 1.82) is 0 Å². The van der Waals surface area contributed by atoms with Gasteiger partial charge in [0.2, 0.25) is 5.91 Å². The highest BCUT2D eigenvalue weighted by atomic mass is 32.2. The van der Waals surface area contributed by atoms with E-state index in [1.165, 1.54) is 6.07 Å². The minimum absolute atomic E-state index is 0.0128. The van der Waals surface area contributed by atoms with Crippen molar-refractivity contribution in [3.63, 3.8) is 0 Å². The zero-order valence-electron chi connectivity index (χ0n) is 17.4. The van der Waals surface area contributed by atoms with Crippen LogP contribution < -0.4 is 15.0 Å². The van der Waals surface area contributed by atoms with E-state index in [1.54, 1.807) is 19.1 Å². The molecule has 12 heteroatoms. The van der Waals surface area contributed by atoms with E-state index in [2.05, 4.69) is 15.5 Å². The number of hydrogen-bond acceptors (Lipinski definition) is 8. The third-order valence-electron chi connectivity index (χ3n) is 5.32. The molecule has 1 aromatic carbocycles. The molecular weight excluding hydrogens is 443 g/mol. The second-order valence-corrected chi connectivity index (χ2v) is 10.4. The SMILES string of the molecule is C[C@@H](CS(=O)(=O)CCc1noc(N2CC(=O)NC2=O)n1)c1ccc(F)c(OCC2CC2)c1. The van der Waals surface area contributed by atoms with Gasteiger partial charge in [-0.15, -0.1) is 0 Å². The fourth-order valence-electron chi connectivity index (χ4n) is 3.29. The minimum Gasteiger partial charge on any atom is -0.490 e. The van der Waals surface area contributed by atoms with Crippen LogP contribution in [0.3, 0.4) is 0 Å². The number of carbonyl (C=O) groups is 2. The first kappa shape index (κ1) is 22.2. The largest absolute Gasteiger partial charge is 0.490 e. The lowest BCUT2D eigenvalue weighted by Crippen LogP contribution is -2.28. The molecule has 172 valence electrons. The Kier molecular flexibility index (Phi) is 6.13. The van der Waals surface area contributed by atoms with Crippen LogP contribution in [0.5, 0.6) is 5.75 Å². The average Bonchev–Trinajstić information content (AvgIpc) is 3.33. The Morgan fingerprint density at radius 3 is 2.81 bits per heavy atom. The number of benzene rings is 1. The standard InChI is InChI=1S/C20H23FN4O6S/c1-12(14-4-5-15(21)16(8-14)30-10-13-2-3-13)11-32(28,29)7-6-17-22-20(31-24-17)25-9-18(26)23-19(25)27/h4-5,8,12-13H,2-3,6-7,9-11H2,1H3,(H,23,26,27)/t12-/m0/s1. The van der Waals surface area contributed by atoms with Crippen LogP contribution >= 0.6 is 0 Å². The van der Waals surface area contributed by atoms with E-state index in [0.717, 1.165) is 17.7 Å². The predicted octanol–water partition coefficient (Wildman–Crippen LogP) is 1.81. The van der Waals surface area contributed by atoms with E-state index in [0.29, 0.717) is 18.1 Å². The summed E-state index contributed by atoms with van der Waals surface area (Å²) >= 11 is 0. The molecule has 1 saturated carbocycles. The van der Waals surface area contributed by atoms with Gasteiger partial charge >= 0.3 is 12.0 Å². The van der Waals surface area contributed by atoms with Crippen LogP contribution in [0.25, 0.3) is 0 Å². The highest BCUT2D eigenvalue weighted by molar-refractivity contribution is 7.91. The van der Waals surface area contributed by atoms with Crippen molar-refractivity contribution in [2.75, 3.05) is 29.6 Å². The molecule has 1 saturated heterocycles. The summed E-state index contributed by atoms with van der Waals surface area (Å²) in [6.45, 7) is 1.98. The molecule has 0 unspecified atom stereocenters. The maximum Gasteiger partial charge on any atom is 0.332 e.